The molecule has 1 fully saturated rings. The van der Waals surface area contributed by atoms with E-state index in [9.17, 15) is 18.0 Å². The van der Waals surface area contributed by atoms with Gasteiger partial charge in [0.15, 0.2) is 17.3 Å². The Morgan fingerprint density at radius 3 is 2.59 bits per heavy atom. The maximum atomic E-state index is 12.6. The van der Waals surface area contributed by atoms with E-state index in [0.717, 1.165) is 12.8 Å². The average Bonchev–Trinajstić information content (AvgIpc) is 3.49. The highest BCUT2D eigenvalue weighted by atomic mass is 19.4. The number of carbonyl (C=O) groups excluding carboxylic acids is 1. The van der Waals surface area contributed by atoms with Crippen molar-refractivity contribution in [2.75, 3.05) is 6.61 Å². The van der Waals surface area contributed by atoms with Crippen LogP contribution in [0, 0.1) is 12.8 Å². The zero-order valence-corrected chi connectivity index (χ0v) is 21.3. The first-order chi connectivity index (χ1) is 18.6. The van der Waals surface area contributed by atoms with Crippen LogP contribution in [0.15, 0.2) is 46.4 Å². The van der Waals surface area contributed by atoms with E-state index in [0.29, 0.717) is 47.2 Å². The minimum Gasteiger partial charge on any atom is -0.461 e. The summed E-state index contributed by atoms with van der Waals surface area (Å²) in [5.74, 6) is 0.518. The topological polar surface area (TPSA) is 122 Å². The Bertz CT molecular complexity index is 1480. The van der Waals surface area contributed by atoms with Crippen LogP contribution in [0.3, 0.4) is 0 Å². The van der Waals surface area contributed by atoms with Crippen molar-refractivity contribution in [2.24, 2.45) is 21.6 Å². The lowest BCUT2D eigenvalue weighted by atomic mass is 10.1. The van der Waals surface area contributed by atoms with E-state index >= 15 is 0 Å². The third-order valence-corrected chi connectivity index (χ3v) is 6.07. The summed E-state index contributed by atoms with van der Waals surface area (Å²) < 4.78 is 50.2. The maximum Gasteiger partial charge on any atom is 0.573 e. The van der Waals surface area contributed by atoms with Crippen molar-refractivity contribution in [1.29, 1.82) is 0 Å². The second-order valence-electron chi connectivity index (χ2n) is 9.21. The molecule has 0 amide bonds. The van der Waals surface area contributed by atoms with Gasteiger partial charge in [0.2, 0.25) is 0 Å². The minimum absolute atomic E-state index is 0.116. The molecule has 0 bridgehead atoms. The molecule has 2 aromatic heterocycles. The van der Waals surface area contributed by atoms with Gasteiger partial charge in [0.25, 0.3) is 0 Å². The Labute approximate surface area is 221 Å². The van der Waals surface area contributed by atoms with Crippen LogP contribution in [-0.4, -0.2) is 50.5 Å². The van der Waals surface area contributed by atoms with Gasteiger partial charge >= 0.3 is 12.3 Å². The van der Waals surface area contributed by atoms with Gasteiger partial charge in [0.1, 0.15) is 11.6 Å². The number of hydrogen-bond donors (Lipinski definition) is 1. The van der Waals surface area contributed by atoms with Crippen LogP contribution in [-0.2, 0) is 17.7 Å². The number of aromatic nitrogens is 4. The van der Waals surface area contributed by atoms with Gasteiger partial charge in [-0.3, -0.25) is 0 Å². The molecule has 204 valence electrons. The van der Waals surface area contributed by atoms with Crippen molar-refractivity contribution in [3.05, 3.63) is 53.4 Å². The van der Waals surface area contributed by atoms with E-state index in [2.05, 4.69) is 19.8 Å². The normalized spacial score (nSPS) is 15.5. The molecule has 3 aromatic rings. The SMILES string of the molecule is CCOC(=O)c1cc(C)nn1C1=CC(N)=Nc2c(c(-c3ccc(OC(F)(F)F)cc3)nn2CC2CC2)CC=N1. The number of benzene rings is 1. The number of amidine groups is 1. The number of rotatable bonds is 7. The lowest BCUT2D eigenvalue weighted by Gasteiger charge is -2.09. The van der Waals surface area contributed by atoms with Crippen molar-refractivity contribution in [1.82, 2.24) is 19.6 Å². The van der Waals surface area contributed by atoms with Crippen LogP contribution < -0.4 is 10.5 Å². The van der Waals surface area contributed by atoms with Crippen molar-refractivity contribution in [3.63, 3.8) is 0 Å². The average molecular weight is 542 g/mol. The number of alkyl halides is 3. The first-order valence-corrected chi connectivity index (χ1v) is 12.4. The highest BCUT2D eigenvalue weighted by Crippen LogP contribution is 2.37. The second-order valence-corrected chi connectivity index (χ2v) is 9.21. The molecule has 2 aliphatic rings. The lowest BCUT2D eigenvalue weighted by Crippen LogP contribution is -2.16. The van der Waals surface area contributed by atoms with E-state index in [1.54, 1.807) is 30.8 Å². The monoisotopic (exact) mass is 541 g/mol. The van der Waals surface area contributed by atoms with Gasteiger partial charge in [0.05, 0.1) is 18.0 Å². The molecule has 1 aromatic carbocycles. The summed E-state index contributed by atoms with van der Waals surface area (Å²) in [7, 11) is 0. The fraction of sp³-hybridized carbons (Fsp3) is 0.346. The molecule has 1 aliphatic heterocycles. The zero-order chi connectivity index (χ0) is 27.7. The maximum absolute atomic E-state index is 12.6. The van der Waals surface area contributed by atoms with E-state index in [4.69, 9.17) is 15.6 Å². The number of carbonyl (C=O) groups is 1. The predicted molar refractivity (Wildman–Crippen MR) is 138 cm³/mol. The molecule has 0 atom stereocenters. The zero-order valence-electron chi connectivity index (χ0n) is 21.3. The summed E-state index contributed by atoms with van der Waals surface area (Å²) >= 11 is 0. The molecule has 0 saturated heterocycles. The molecule has 1 aliphatic carbocycles. The summed E-state index contributed by atoms with van der Waals surface area (Å²) in [6.45, 7) is 4.29. The van der Waals surface area contributed by atoms with Crippen LogP contribution in [0.5, 0.6) is 5.75 Å². The van der Waals surface area contributed by atoms with E-state index < -0.39 is 12.3 Å². The van der Waals surface area contributed by atoms with Gasteiger partial charge in [-0.05, 0) is 62.9 Å². The number of halogens is 3. The van der Waals surface area contributed by atoms with Crippen molar-refractivity contribution >= 4 is 29.7 Å². The minimum atomic E-state index is -4.78. The molecule has 0 unspecified atom stereocenters. The van der Waals surface area contributed by atoms with Crippen LogP contribution in [0.1, 0.15) is 41.5 Å². The molecule has 5 rings (SSSR count). The van der Waals surface area contributed by atoms with Crippen LogP contribution in [0.2, 0.25) is 0 Å². The molecule has 10 nitrogen and oxygen atoms in total. The van der Waals surface area contributed by atoms with Gasteiger partial charge in [-0.25, -0.2) is 24.1 Å². The molecule has 0 radical (unpaired) electrons. The summed E-state index contributed by atoms with van der Waals surface area (Å²) in [5.41, 5.74) is 8.98. The number of fused-ring (bicyclic) bond motifs is 1. The van der Waals surface area contributed by atoms with E-state index in [1.165, 1.54) is 35.0 Å². The van der Waals surface area contributed by atoms with E-state index in [1.807, 2.05) is 0 Å². The standard InChI is InChI=1S/C26H26F3N7O3/c1-3-38-25(37)20-12-15(2)33-36(20)22-13-21(30)32-24-19(10-11-31-22)23(34-35(24)14-16-4-5-16)17-6-8-18(9-7-17)39-26(27,28)29/h6-9,11-13,16H,3-5,10,14H2,1-2H3,(H2,30,32). The Balaban J connectivity index is 1.54. The number of nitrogens with zero attached hydrogens (tertiary/aromatic N) is 6. The molecule has 3 heterocycles. The molecule has 0 spiro atoms. The summed E-state index contributed by atoms with van der Waals surface area (Å²) in [6.07, 6.45) is 0.811. The van der Waals surface area contributed by atoms with Gasteiger partial charge < -0.3 is 15.2 Å². The second kappa shape index (κ2) is 10.4. The number of nitrogens with two attached hydrogens (primary N) is 1. The Hall–Kier alpha value is -4.42. The fourth-order valence-electron chi connectivity index (χ4n) is 4.22. The van der Waals surface area contributed by atoms with Crippen molar-refractivity contribution < 1.29 is 27.4 Å². The molecule has 39 heavy (non-hydrogen) atoms. The highest BCUT2D eigenvalue weighted by Gasteiger charge is 2.31. The van der Waals surface area contributed by atoms with Gasteiger partial charge in [-0.15, -0.1) is 13.2 Å². The third-order valence-electron chi connectivity index (χ3n) is 6.07. The number of aryl methyl sites for hydroxylation is 1. The molecule has 13 heteroatoms. The first-order valence-electron chi connectivity index (χ1n) is 12.4. The Kier molecular flexibility index (Phi) is 6.98. The van der Waals surface area contributed by atoms with E-state index in [-0.39, 0.29) is 29.7 Å². The number of esters is 1. The Morgan fingerprint density at radius 2 is 1.92 bits per heavy atom. The molecule has 1 saturated carbocycles. The van der Waals surface area contributed by atoms with Crippen molar-refractivity contribution in [2.45, 2.75) is 46.0 Å². The smallest absolute Gasteiger partial charge is 0.461 e. The molecular weight excluding hydrogens is 515 g/mol. The number of ether oxygens (including phenoxy) is 2. The fourth-order valence-corrected chi connectivity index (χ4v) is 4.22. The van der Waals surface area contributed by atoms with Crippen LogP contribution in [0.4, 0.5) is 19.0 Å². The number of aliphatic imine (C=N–C) groups is 2. The van der Waals surface area contributed by atoms with Gasteiger partial charge in [-0.2, -0.15) is 10.2 Å². The predicted octanol–water partition coefficient (Wildman–Crippen LogP) is 4.65. The van der Waals surface area contributed by atoms with Gasteiger partial charge in [0, 0.05) is 36.4 Å². The number of hydrogen-bond acceptors (Lipinski definition) is 8. The van der Waals surface area contributed by atoms with Crippen LogP contribution in [0.25, 0.3) is 17.1 Å². The summed E-state index contributed by atoms with van der Waals surface area (Å²) in [4.78, 5) is 21.7. The molecule has 2 N–H and O–H groups in total. The van der Waals surface area contributed by atoms with Crippen molar-refractivity contribution in [3.8, 4) is 17.0 Å². The largest absolute Gasteiger partial charge is 0.573 e. The first kappa shape index (κ1) is 26.2. The quantitative estimate of drug-likeness (QED) is 0.435. The lowest BCUT2D eigenvalue weighted by molar-refractivity contribution is -0.274. The summed E-state index contributed by atoms with van der Waals surface area (Å²) in [5, 5.41) is 9.15. The third kappa shape index (κ3) is 6.02. The Morgan fingerprint density at radius 1 is 1.18 bits per heavy atom. The molecular formula is C26H26F3N7O3. The highest BCUT2D eigenvalue weighted by molar-refractivity contribution is 5.99. The van der Waals surface area contributed by atoms with Crippen LogP contribution >= 0.6 is 0 Å². The summed E-state index contributed by atoms with van der Waals surface area (Å²) in [6, 6.07) is 7.12. The van der Waals surface area contributed by atoms with Gasteiger partial charge in [-0.1, -0.05) is 0 Å².